The van der Waals surface area contributed by atoms with E-state index in [4.69, 9.17) is 0 Å². The fourth-order valence-electron chi connectivity index (χ4n) is 2.26. The number of aromatic nitrogens is 1. The van der Waals surface area contributed by atoms with Gasteiger partial charge in [0, 0.05) is 19.0 Å². The number of carboxylic acids is 1. The van der Waals surface area contributed by atoms with Crippen molar-refractivity contribution in [2.75, 3.05) is 0 Å². The molecule has 1 aliphatic carbocycles. The summed E-state index contributed by atoms with van der Waals surface area (Å²) in [4.78, 5) is 15.8. The summed E-state index contributed by atoms with van der Waals surface area (Å²) >= 11 is 0. The van der Waals surface area contributed by atoms with Crippen LogP contribution in [0.4, 0.5) is 0 Å². The second-order valence-corrected chi connectivity index (χ2v) is 5.07. The van der Waals surface area contributed by atoms with Crippen LogP contribution in [0.1, 0.15) is 5.69 Å². The van der Waals surface area contributed by atoms with Crippen molar-refractivity contribution in [1.82, 2.24) is 4.57 Å². The molecule has 1 aromatic rings. The molecular weight excluding hydrogens is 276 g/mol. The molecule has 0 aromatic carbocycles. The minimum absolute atomic E-state index is 0.705. The van der Waals surface area contributed by atoms with Crippen molar-refractivity contribution in [3.63, 3.8) is 0 Å². The van der Waals surface area contributed by atoms with Crippen molar-refractivity contribution in [3.05, 3.63) is 84.3 Å². The first-order valence-electron chi connectivity index (χ1n) is 7.06. The van der Waals surface area contributed by atoms with Gasteiger partial charge in [0.15, 0.2) is 0 Å². The molecule has 0 spiro atoms. The maximum Gasteiger partial charge on any atom is 0.340 e. The molecule has 2 heterocycles. The standard InChI is InChI=1S/C18H16N2O2/c21-17(22)18-13-15(18)9-6-4-2-1-3-5-7-11-20-12-8-10-16(20)14-19-18/h1-10,12-14H,11H2,(H,21,22)/b3-1-,4-2-,7-5-,9-6-,19-14?. The van der Waals surface area contributed by atoms with Crippen molar-refractivity contribution in [2.24, 2.45) is 4.99 Å². The van der Waals surface area contributed by atoms with Gasteiger partial charge in [0.2, 0.25) is 5.54 Å². The third kappa shape index (κ3) is 2.76. The SMILES string of the molecule is O=C(O)C12C=C1\C=C/C=C\C=C/C=C\Cn1cccc1C=N2. The molecule has 0 radical (unpaired) electrons. The molecule has 1 atom stereocenters. The van der Waals surface area contributed by atoms with Crippen molar-refractivity contribution in [2.45, 2.75) is 12.1 Å². The largest absolute Gasteiger partial charge is 0.479 e. The van der Waals surface area contributed by atoms with Crippen molar-refractivity contribution in [3.8, 4) is 0 Å². The molecular formula is C18H16N2O2. The highest BCUT2D eigenvalue weighted by Crippen LogP contribution is 2.39. The van der Waals surface area contributed by atoms with Crippen LogP contribution in [0.25, 0.3) is 0 Å². The van der Waals surface area contributed by atoms with E-state index in [2.05, 4.69) is 4.99 Å². The molecule has 0 saturated heterocycles. The normalized spacial score (nSPS) is 29.0. The number of aliphatic imine (C=N–C) groups is 1. The Morgan fingerprint density at radius 1 is 1.18 bits per heavy atom. The Balaban J connectivity index is 1.94. The zero-order valence-electron chi connectivity index (χ0n) is 12.0. The number of aliphatic carboxylic acids is 1. The molecule has 110 valence electrons. The average Bonchev–Trinajstić information content (AvgIpc) is 3.04. The first kappa shape index (κ1) is 14.1. The molecule has 2 aliphatic rings. The van der Waals surface area contributed by atoms with Crippen molar-refractivity contribution >= 4 is 12.2 Å². The Morgan fingerprint density at radius 2 is 1.95 bits per heavy atom. The highest BCUT2D eigenvalue weighted by atomic mass is 16.4. The number of hydrogen-bond donors (Lipinski definition) is 1. The highest BCUT2D eigenvalue weighted by molar-refractivity contribution is 5.97. The number of carbonyl (C=O) groups is 1. The smallest absolute Gasteiger partial charge is 0.340 e. The molecule has 4 heteroatoms. The lowest BCUT2D eigenvalue weighted by atomic mass is 10.1. The van der Waals surface area contributed by atoms with Crippen LogP contribution in [-0.2, 0) is 11.3 Å². The maximum absolute atomic E-state index is 11.5. The predicted octanol–water partition coefficient (Wildman–Crippen LogP) is 2.91. The van der Waals surface area contributed by atoms with Gasteiger partial charge in [0.05, 0.1) is 5.69 Å². The van der Waals surface area contributed by atoms with Gasteiger partial charge in [0.1, 0.15) is 0 Å². The van der Waals surface area contributed by atoms with Gasteiger partial charge in [-0.25, -0.2) is 4.79 Å². The molecule has 22 heavy (non-hydrogen) atoms. The van der Waals surface area contributed by atoms with Crippen LogP contribution < -0.4 is 0 Å². The summed E-state index contributed by atoms with van der Waals surface area (Å²) in [5.41, 5.74) is 0.382. The fraction of sp³-hybridized carbons (Fsp3) is 0.111. The molecule has 1 unspecified atom stereocenters. The van der Waals surface area contributed by atoms with E-state index in [1.165, 1.54) is 0 Å². The molecule has 0 bridgehead atoms. The number of nitrogens with zero attached hydrogens (tertiary/aromatic N) is 2. The Morgan fingerprint density at radius 3 is 2.77 bits per heavy atom. The van der Waals surface area contributed by atoms with Crippen LogP contribution in [0, 0.1) is 0 Å². The molecule has 0 amide bonds. The van der Waals surface area contributed by atoms with E-state index in [1.807, 2.05) is 65.4 Å². The highest BCUT2D eigenvalue weighted by Gasteiger charge is 2.49. The predicted molar refractivity (Wildman–Crippen MR) is 87.0 cm³/mol. The summed E-state index contributed by atoms with van der Waals surface area (Å²) in [7, 11) is 0. The van der Waals surface area contributed by atoms with Crippen molar-refractivity contribution < 1.29 is 9.90 Å². The third-order valence-electron chi connectivity index (χ3n) is 3.58. The minimum Gasteiger partial charge on any atom is -0.479 e. The number of fused-ring (bicyclic) bond motifs is 2. The minimum atomic E-state index is -1.20. The molecule has 0 saturated carbocycles. The van der Waals surface area contributed by atoms with Gasteiger partial charge in [-0.2, -0.15) is 0 Å². The summed E-state index contributed by atoms with van der Waals surface area (Å²) in [6, 6.07) is 3.84. The van der Waals surface area contributed by atoms with Crippen LogP contribution in [0.3, 0.4) is 0 Å². The Labute approximate surface area is 128 Å². The van der Waals surface area contributed by atoms with E-state index in [-0.39, 0.29) is 0 Å². The van der Waals surface area contributed by atoms with Gasteiger partial charge in [-0.05, 0) is 23.8 Å². The van der Waals surface area contributed by atoms with Gasteiger partial charge >= 0.3 is 5.97 Å². The summed E-state index contributed by atoms with van der Waals surface area (Å²) in [6.07, 6.45) is 20.5. The molecule has 1 N–H and O–H groups in total. The molecule has 3 rings (SSSR count). The van der Waals surface area contributed by atoms with Crippen LogP contribution in [0.2, 0.25) is 0 Å². The molecule has 0 fully saturated rings. The van der Waals surface area contributed by atoms with E-state index >= 15 is 0 Å². The lowest BCUT2D eigenvalue weighted by Gasteiger charge is -2.07. The van der Waals surface area contributed by atoms with E-state index in [0.717, 1.165) is 5.69 Å². The lowest BCUT2D eigenvalue weighted by molar-refractivity contribution is -0.138. The zero-order chi connectivity index (χ0) is 15.4. The van der Waals surface area contributed by atoms with Gasteiger partial charge in [-0.1, -0.05) is 48.6 Å². The second-order valence-electron chi connectivity index (χ2n) is 5.07. The Kier molecular flexibility index (Phi) is 3.74. The summed E-state index contributed by atoms with van der Waals surface area (Å²) in [5.74, 6) is -0.949. The van der Waals surface area contributed by atoms with Gasteiger partial charge in [-0.15, -0.1) is 0 Å². The van der Waals surface area contributed by atoms with E-state index in [1.54, 1.807) is 18.4 Å². The quantitative estimate of drug-likeness (QED) is 0.865. The monoisotopic (exact) mass is 292 g/mol. The van der Waals surface area contributed by atoms with Gasteiger partial charge < -0.3 is 9.67 Å². The van der Waals surface area contributed by atoms with Crippen molar-refractivity contribution in [1.29, 1.82) is 0 Å². The first-order valence-corrected chi connectivity index (χ1v) is 7.06. The van der Waals surface area contributed by atoms with Crippen LogP contribution >= 0.6 is 0 Å². The molecule has 1 aliphatic heterocycles. The van der Waals surface area contributed by atoms with Gasteiger partial charge in [0.25, 0.3) is 0 Å². The van der Waals surface area contributed by atoms with E-state index in [9.17, 15) is 9.90 Å². The van der Waals surface area contributed by atoms with Crippen LogP contribution in [0.5, 0.6) is 0 Å². The number of rotatable bonds is 1. The first-order chi connectivity index (χ1) is 10.7. The second kappa shape index (κ2) is 5.85. The average molecular weight is 292 g/mol. The fourth-order valence-corrected chi connectivity index (χ4v) is 2.26. The van der Waals surface area contributed by atoms with Crippen LogP contribution in [-0.4, -0.2) is 27.4 Å². The lowest BCUT2D eigenvalue weighted by Crippen LogP contribution is -2.24. The van der Waals surface area contributed by atoms with E-state index < -0.39 is 11.5 Å². The zero-order valence-corrected chi connectivity index (χ0v) is 12.0. The number of hydrogen-bond acceptors (Lipinski definition) is 2. The van der Waals surface area contributed by atoms with E-state index in [0.29, 0.717) is 12.1 Å². The Hall–Kier alpha value is -2.88. The molecule has 1 aromatic heterocycles. The third-order valence-corrected chi connectivity index (χ3v) is 3.58. The molecule has 4 nitrogen and oxygen atoms in total. The summed E-state index contributed by atoms with van der Waals surface area (Å²) in [6.45, 7) is 0.709. The summed E-state index contributed by atoms with van der Waals surface area (Å²) in [5, 5.41) is 9.44. The Bertz CT molecular complexity index is 760. The summed E-state index contributed by atoms with van der Waals surface area (Å²) < 4.78 is 2.01. The van der Waals surface area contributed by atoms with Crippen LogP contribution in [0.15, 0.2) is 83.6 Å². The topological polar surface area (TPSA) is 54.6 Å². The number of allylic oxidation sites excluding steroid dienone is 7. The number of carboxylic acid groups (broad SMARTS) is 1. The van der Waals surface area contributed by atoms with Gasteiger partial charge in [-0.3, -0.25) is 4.99 Å². The maximum atomic E-state index is 11.5.